The number of nitrogen functional groups attached to an aromatic ring is 1. The predicted octanol–water partition coefficient (Wildman–Crippen LogP) is 4.18. The molecule has 32 heavy (non-hydrogen) atoms. The summed E-state index contributed by atoms with van der Waals surface area (Å²) in [5.41, 5.74) is 9.28. The number of amides is 1. The number of para-hydroxylation sites is 2. The van der Waals surface area contributed by atoms with Crippen molar-refractivity contribution in [3.8, 4) is 0 Å². The van der Waals surface area contributed by atoms with Gasteiger partial charge in [0.15, 0.2) is 5.65 Å². The van der Waals surface area contributed by atoms with Crippen molar-refractivity contribution in [1.82, 2.24) is 20.0 Å². The topological polar surface area (TPSA) is 98.2 Å². The molecule has 3 N–H and O–H groups in total. The van der Waals surface area contributed by atoms with Gasteiger partial charge in [-0.15, -0.1) is 11.3 Å². The van der Waals surface area contributed by atoms with Crippen LogP contribution in [-0.2, 0) is 6.54 Å². The van der Waals surface area contributed by atoms with Gasteiger partial charge in [-0.1, -0.05) is 30.3 Å². The Morgan fingerprint density at radius 2 is 1.84 bits per heavy atom. The second kappa shape index (κ2) is 8.20. The molecule has 5 aromatic rings. The van der Waals surface area contributed by atoms with Crippen LogP contribution >= 0.6 is 11.3 Å². The van der Waals surface area contributed by atoms with Crippen molar-refractivity contribution in [2.24, 2.45) is 5.10 Å². The summed E-state index contributed by atoms with van der Waals surface area (Å²) in [4.78, 5) is 23.4. The number of benzene rings is 2. The zero-order chi connectivity index (χ0) is 22.1. The van der Waals surface area contributed by atoms with Gasteiger partial charge in [0.1, 0.15) is 22.7 Å². The first kappa shape index (κ1) is 19.8. The largest absolute Gasteiger partial charge is 0.383 e. The minimum absolute atomic E-state index is 0.123. The number of thiophene rings is 1. The summed E-state index contributed by atoms with van der Waals surface area (Å²) < 4.78 is 14.6. The fourth-order valence-electron chi connectivity index (χ4n) is 3.33. The van der Waals surface area contributed by atoms with Crippen molar-refractivity contribution in [2.75, 3.05) is 5.73 Å². The molecule has 0 aliphatic heterocycles. The number of anilines is 1. The normalized spacial score (nSPS) is 11.5. The molecule has 3 heterocycles. The van der Waals surface area contributed by atoms with Crippen LogP contribution in [0.4, 0.5) is 10.2 Å². The molecule has 7 nitrogen and oxygen atoms in total. The summed E-state index contributed by atoms with van der Waals surface area (Å²) in [5, 5.41) is 9.26. The van der Waals surface area contributed by atoms with E-state index in [2.05, 4.69) is 20.4 Å². The first-order chi connectivity index (χ1) is 15.6. The van der Waals surface area contributed by atoms with Crippen LogP contribution in [0.2, 0.25) is 0 Å². The number of aromatic nitrogens is 3. The second-order valence-electron chi connectivity index (χ2n) is 7.01. The molecule has 0 atom stereocenters. The van der Waals surface area contributed by atoms with Gasteiger partial charge in [-0.2, -0.15) is 9.78 Å². The Labute approximate surface area is 186 Å². The molecule has 158 valence electrons. The summed E-state index contributed by atoms with van der Waals surface area (Å²) in [6.07, 6.45) is 1.53. The van der Waals surface area contributed by atoms with Crippen LogP contribution < -0.4 is 11.1 Å². The van der Waals surface area contributed by atoms with Crippen molar-refractivity contribution in [2.45, 2.75) is 6.54 Å². The van der Waals surface area contributed by atoms with E-state index >= 15 is 0 Å². The van der Waals surface area contributed by atoms with Crippen molar-refractivity contribution in [1.29, 1.82) is 0 Å². The minimum Gasteiger partial charge on any atom is -0.383 e. The number of nitrogens with zero attached hydrogens (tertiary/aromatic N) is 4. The van der Waals surface area contributed by atoms with Gasteiger partial charge in [0.05, 0.1) is 23.8 Å². The quantitative estimate of drug-likeness (QED) is 0.397. The Hall–Kier alpha value is -4.11. The van der Waals surface area contributed by atoms with Gasteiger partial charge in [0.25, 0.3) is 5.91 Å². The van der Waals surface area contributed by atoms with Gasteiger partial charge in [-0.25, -0.2) is 14.4 Å². The molecular formula is C23H17FN6OS. The van der Waals surface area contributed by atoms with Gasteiger partial charge in [0, 0.05) is 4.88 Å². The molecule has 2 aromatic carbocycles. The maximum Gasteiger partial charge on any atom is 0.257 e. The van der Waals surface area contributed by atoms with E-state index in [9.17, 15) is 9.18 Å². The number of nitrogens with two attached hydrogens (primary N) is 1. The van der Waals surface area contributed by atoms with Gasteiger partial charge >= 0.3 is 0 Å². The van der Waals surface area contributed by atoms with Gasteiger partial charge < -0.3 is 11.1 Å². The molecule has 0 unspecified atom stereocenters. The van der Waals surface area contributed by atoms with Crippen molar-refractivity contribution < 1.29 is 9.18 Å². The van der Waals surface area contributed by atoms with E-state index in [1.165, 1.54) is 23.0 Å². The molecule has 0 spiro atoms. The van der Waals surface area contributed by atoms with Crippen LogP contribution in [0.15, 0.2) is 71.1 Å². The molecule has 3 aromatic heterocycles. The SMILES string of the molecule is Nc1c(C(=O)NCc2cccs2)c2nc3ccccc3nc2n1/N=C\c1ccc(F)cc1. The fraction of sp³-hybridized carbons (Fsp3) is 0.0435. The van der Waals surface area contributed by atoms with E-state index in [0.717, 1.165) is 4.88 Å². The van der Waals surface area contributed by atoms with Crippen molar-refractivity contribution in [3.63, 3.8) is 0 Å². The number of fused-ring (bicyclic) bond motifs is 2. The zero-order valence-electron chi connectivity index (χ0n) is 16.7. The van der Waals surface area contributed by atoms with Crippen LogP contribution in [0.25, 0.3) is 22.2 Å². The van der Waals surface area contributed by atoms with E-state index in [4.69, 9.17) is 5.73 Å². The number of carbonyl (C=O) groups excluding carboxylic acids is 1. The molecule has 0 bridgehead atoms. The van der Waals surface area contributed by atoms with Gasteiger partial charge in [-0.05, 0) is 41.3 Å². The van der Waals surface area contributed by atoms with Crippen molar-refractivity contribution in [3.05, 3.63) is 87.9 Å². The first-order valence-electron chi connectivity index (χ1n) is 9.77. The molecule has 9 heteroatoms. The van der Waals surface area contributed by atoms with E-state index in [-0.39, 0.29) is 23.1 Å². The molecule has 0 aliphatic rings. The third-order valence-electron chi connectivity index (χ3n) is 4.90. The standard InChI is InChI=1S/C23H17FN6OS/c24-15-9-7-14(8-10-15)12-27-30-21(25)19(23(31)26-13-16-4-3-11-32-16)20-22(30)29-18-6-2-1-5-17(18)28-20/h1-12H,13,25H2,(H,26,31)/b27-12-. The molecule has 5 rings (SSSR count). The van der Waals surface area contributed by atoms with Gasteiger partial charge in [-0.3, -0.25) is 4.79 Å². The maximum absolute atomic E-state index is 13.2. The highest BCUT2D eigenvalue weighted by Gasteiger charge is 2.24. The number of rotatable bonds is 5. The smallest absolute Gasteiger partial charge is 0.257 e. The average molecular weight is 444 g/mol. The summed E-state index contributed by atoms with van der Waals surface area (Å²) in [5.74, 6) is -0.575. The van der Waals surface area contributed by atoms with Crippen LogP contribution in [0.5, 0.6) is 0 Å². The van der Waals surface area contributed by atoms with Gasteiger partial charge in [0.2, 0.25) is 0 Å². The Morgan fingerprint density at radius 3 is 2.56 bits per heavy atom. The van der Waals surface area contributed by atoms with E-state index in [1.807, 2.05) is 41.8 Å². The molecule has 1 amide bonds. The summed E-state index contributed by atoms with van der Waals surface area (Å²) >= 11 is 1.55. The Morgan fingerprint density at radius 1 is 1.09 bits per heavy atom. The molecule has 0 saturated heterocycles. The highest BCUT2D eigenvalue weighted by molar-refractivity contribution is 7.09. The fourth-order valence-corrected chi connectivity index (χ4v) is 3.97. The summed E-state index contributed by atoms with van der Waals surface area (Å²) in [7, 11) is 0. The second-order valence-corrected chi connectivity index (χ2v) is 8.05. The van der Waals surface area contributed by atoms with Crippen LogP contribution in [0, 0.1) is 5.82 Å². The number of halogens is 1. The third-order valence-corrected chi connectivity index (χ3v) is 5.77. The lowest BCUT2D eigenvalue weighted by atomic mass is 10.2. The number of nitrogens with one attached hydrogen (secondary N) is 1. The van der Waals surface area contributed by atoms with Crippen LogP contribution in [0.3, 0.4) is 0 Å². The highest BCUT2D eigenvalue weighted by Crippen LogP contribution is 2.28. The monoisotopic (exact) mass is 444 g/mol. The highest BCUT2D eigenvalue weighted by atomic mass is 32.1. The van der Waals surface area contributed by atoms with E-state index in [0.29, 0.717) is 34.3 Å². The van der Waals surface area contributed by atoms with Crippen molar-refractivity contribution >= 4 is 51.5 Å². The summed E-state index contributed by atoms with van der Waals surface area (Å²) in [6, 6.07) is 17.1. The number of carbonyl (C=O) groups is 1. The molecule has 0 aliphatic carbocycles. The Bertz CT molecular complexity index is 1460. The predicted molar refractivity (Wildman–Crippen MR) is 124 cm³/mol. The lowest BCUT2D eigenvalue weighted by Gasteiger charge is -2.04. The Balaban J connectivity index is 1.61. The lowest BCUT2D eigenvalue weighted by molar-refractivity contribution is 0.0953. The summed E-state index contributed by atoms with van der Waals surface area (Å²) in [6.45, 7) is 0.377. The van der Waals surface area contributed by atoms with Crippen LogP contribution in [0.1, 0.15) is 20.8 Å². The minimum atomic E-state index is -0.360. The molecule has 0 radical (unpaired) electrons. The van der Waals surface area contributed by atoms with E-state index < -0.39 is 0 Å². The zero-order valence-corrected chi connectivity index (χ0v) is 17.5. The van der Waals surface area contributed by atoms with E-state index in [1.54, 1.807) is 23.5 Å². The Kier molecular flexibility index (Phi) is 5.08. The van der Waals surface area contributed by atoms with Crippen LogP contribution in [-0.4, -0.2) is 26.8 Å². The number of hydrogen-bond acceptors (Lipinski definition) is 6. The third kappa shape index (κ3) is 3.69. The first-order valence-corrected chi connectivity index (χ1v) is 10.7. The molecular weight excluding hydrogens is 427 g/mol. The average Bonchev–Trinajstić information content (AvgIpc) is 3.41. The number of hydrogen-bond donors (Lipinski definition) is 2. The lowest BCUT2D eigenvalue weighted by Crippen LogP contribution is -2.23. The molecule has 0 fully saturated rings. The maximum atomic E-state index is 13.2. The molecule has 0 saturated carbocycles.